The topological polar surface area (TPSA) is 82.6 Å². The predicted octanol–water partition coefficient (Wildman–Crippen LogP) is 3.49. The van der Waals surface area contributed by atoms with Crippen LogP contribution in [0.5, 0.6) is 11.5 Å². The number of para-hydroxylation sites is 2. The van der Waals surface area contributed by atoms with E-state index < -0.39 is 16.2 Å². The van der Waals surface area contributed by atoms with Crippen molar-refractivity contribution in [2.75, 3.05) is 0 Å². The van der Waals surface area contributed by atoms with Crippen LogP contribution in [-0.4, -0.2) is 4.92 Å². The third kappa shape index (κ3) is 2.34. The van der Waals surface area contributed by atoms with E-state index in [9.17, 15) is 14.9 Å². The van der Waals surface area contributed by atoms with E-state index in [2.05, 4.69) is 0 Å². The maximum atomic E-state index is 11.8. The molecule has 0 radical (unpaired) electrons. The monoisotopic (exact) mass is 283 g/mol. The Morgan fingerprint density at radius 3 is 2.38 bits per heavy atom. The molecule has 1 heterocycles. The molecule has 1 aromatic heterocycles. The molecule has 0 saturated heterocycles. The molecule has 0 atom stereocenters. The molecular formula is C15H9NO5. The third-order valence-electron chi connectivity index (χ3n) is 2.89. The van der Waals surface area contributed by atoms with E-state index in [0.717, 1.165) is 0 Å². The van der Waals surface area contributed by atoms with Gasteiger partial charge in [-0.1, -0.05) is 30.3 Å². The van der Waals surface area contributed by atoms with Gasteiger partial charge in [-0.3, -0.25) is 10.1 Å². The molecule has 3 aromatic rings. The van der Waals surface area contributed by atoms with Crippen molar-refractivity contribution in [1.82, 2.24) is 0 Å². The first kappa shape index (κ1) is 12.9. The number of nitrogens with zero attached hydrogens (tertiary/aromatic N) is 1. The molecule has 0 aliphatic carbocycles. The molecule has 0 saturated carbocycles. The van der Waals surface area contributed by atoms with E-state index in [1.54, 1.807) is 54.6 Å². The van der Waals surface area contributed by atoms with Crippen molar-refractivity contribution in [3.05, 3.63) is 75.1 Å². The van der Waals surface area contributed by atoms with Gasteiger partial charge in [0.05, 0.1) is 10.3 Å². The molecule has 0 amide bonds. The predicted molar refractivity (Wildman–Crippen MR) is 75.7 cm³/mol. The van der Waals surface area contributed by atoms with Crippen LogP contribution in [0, 0.1) is 10.1 Å². The number of hydrogen-bond donors (Lipinski definition) is 0. The Labute approximate surface area is 118 Å². The van der Waals surface area contributed by atoms with E-state index >= 15 is 0 Å². The van der Waals surface area contributed by atoms with Crippen LogP contribution in [0.1, 0.15) is 0 Å². The van der Waals surface area contributed by atoms with Crippen molar-refractivity contribution >= 4 is 16.7 Å². The lowest BCUT2D eigenvalue weighted by atomic mass is 10.2. The lowest BCUT2D eigenvalue weighted by Crippen LogP contribution is -2.08. The number of ether oxygens (including phenoxy) is 1. The summed E-state index contributed by atoms with van der Waals surface area (Å²) in [6.45, 7) is 0. The quantitative estimate of drug-likeness (QED) is 0.417. The maximum absolute atomic E-state index is 11.8. The minimum absolute atomic E-state index is 0.113. The summed E-state index contributed by atoms with van der Waals surface area (Å²) >= 11 is 0. The molecule has 0 fully saturated rings. The fourth-order valence-electron chi connectivity index (χ4n) is 1.98. The van der Waals surface area contributed by atoms with E-state index in [4.69, 9.17) is 9.15 Å². The molecule has 0 unspecified atom stereocenters. The van der Waals surface area contributed by atoms with Gasteiger partial charge in [0.15, 0.2) is 0 Å². The lowest BCUT2D eigenvalue weighted by molar-refractivity contribution is -0.387. The zero-order chi connectivity index (χ0) is 14.8. The van der Waals surface area contributed by atoms with Crippen LogP contribution in [0.4, 0.5) is 5.69 Å². The molecule has 104 valence electrons. The molecule has 2 aromatic carbocycles. The van der Waals surface area contributed by atoms with Gasteiger partial charge in [0.2, 0.25) is 5.75 Å². The van der Waals surface area contributed by atoms with Crippen LogP contribution in [-0.2, 0) is 0 Å². The highest BCUT2D eigenvalue weighted by Gasteiger charge is 2.26. The minimum Gasteiger partial charge on any atom is -0.449 e. The largest absolute Gasteiger partial charge is 0.449 e. The summed E-state index contributed by atoms with van der Waals surface area (Å²) in [7, 11) is 0. The Morgan fingerprint density at radius 2 is 1.67 bits per heavy atom. The standard InChI is InChI=1S/C15H9NO5/c17-15-13(16(18)19)14(20-10-6-2-1-3-7-10)11-8-4-5-9-12(11)21-15/h1-9H. The fraction of sp³-hybridized carbons (Fsp3) is 0. The summed E-state index contributed by atoms with van der Waals surface area (Å²) in [6.07, 6.45) is 0. The Kier molecular flexibility index (Phi) is 3.12. The Balaban J connectivity index is 2.29. The van der Waals surface area contributed by atoms with Gasteiger partial charge >= 0.3 is 11.3 Å². The van der Waals surface area contributed by atoms with Gasteiger partial charge in [0, 0.05) is 0 Å². The summed E-state index contributed by atoms with van der Waals surface area (Å²) in [5.41, 5.74) is -1.51. The second kappa shape index (κ2) is 5.09. The Hall–Kier alpha value is -3.15. The van der Waals surface area contributed by atoms with Crippen LogP contribution in [0.25, 0.3) is 11.0 Å². The Bertz CT molecular complexity index is 870. The highest BCUT2D eigenvalue weighted by atomic mass is 16.6. The number of nitro groups is 1. The van der Waals surface area contributed by atoms with E-state index in [-0.39, 0.29) is 11.3 Å². The summed E-state index contributed by atoms with van der Waals surface area (Å²) in [5.74, 6) is 0.286. The van der Waals surface area contributed by atoms with Crippen molar-refractivity contribution in [2.24, 2.45) is 0 Å². The molecule has 21 heavy (non-hydrogen) atoms. The molecular weight excluding hydrogens is 274 g/mol. The first-order valence-corrected chi connectivity index (χ1v) is 6.10. The van der Waals surface area contributed by atoms with Crippen molar-refractivity contribution in [3.8, 4) is 11.5 Å². The normalized spacial score (nSPS) is 10.5. The minimum atomic E-state index is -1.04. The highest BCUT2D eigenvalue weighted by molar-refractivity contribution is 5.87. The SMILES string of the molecule is O=c1oc2ccccc2c(Oc2ccccc2)c1[N+](=O)[O-]. The fourth-order valence-corrected chi connectivity index (χ4v) is 1.98. The molecule has 0 aliphatic rings. The second-order valence-electron chi connectivity index (χ2n) is 4.24. The highest BCUT2D eigenvalue weighted by Crippen LogP contribution is 2.35. The first-order chi connectivity index (χ1) is 10.2. The summed E-state index contributed by atoms with van der Waals surface area (Å²) in [5, 5.41) is 11.5. The van der Waals surface area contributed by atoms with Gasteiger partial charge in [-0.15, -0.1) is 0 Å². The molecule has 0 spiro atoms. The van der Waals surface area contributed by atoms with Gasteiger partial charge in [-0.2, -0.15) is 0 Å². The van der Waals surface area contributed by atoms with Crippen molar-refractivity contribution < 1.29 is 14.1 Å². The number of hydrogen-bond acceptors (Lipinski definition) is 5. The number of rotatable bonds is 3. The van der Waals surface area contributed by atoms with Crippen molar-refractivity contribution in [2.45, 2.75) is 0 Å². The lowest BCUT2D eigenvalue weighted by Gasteiger charge is -2.08. The summed E-state index contributed by atoms with van der Waals surface area (Å²) in [6, 6.07) is 15.1. The smallest absolute Gasteiger partial charge is 0.419 e. The molecule has 0 bridgehead atoms. The maximum Gasteiger partial charge on any atom is 0.419 e. The van der Waals surface area contributed by atoms with Crippen LogP contribution >= 0.6 is 0 Å². The zero-order valence-electron chi connectivity index (χ0n) is 10.7. The van der Waals surface area contributed by atoms with Crippen molar-refractivity contribution in [1.29, 1.82) is 0 Å². The third-order valence-corrected chi connectivity index (χ3v) is 2.89. The average molecular weight is 283 g/mol. The van der Waals surface area contributed by atoms with E-state index in [1.165, 1.54) is 0 Å². The van der Waals surface area contributed by atoms with Gasteiger partial charge < -0.3 is 9.15 Å². The number of benzene rings is 2. The van der Waals surface area contributed by atoms with Crippen LogP contribution < -0.4 is 10.4 Å². The van der Waals surface area contributed by atoms with Gasteiger partial charge in [-0.05, 0) is 24.3 Å². The van der Waals surface area contributed by atoms with Crippen LogP contribution in [0.3, 0.4) is 0 Å². The number of fused-ring (bicyclic) bond motifs is 1. The van der Waals surface area contributed by atoms with Crippen LogP contribution in [0.15, 0.2) is 63.8 Å². The second-order valence-corrected chi connectivity index (χ2v) is 4.24. The van der Waals surface area contributed by atoms with Gasteiger partial charge in [0.1, 0.15) is 11.3 Å². The molecule has 0 aliphatic heterocycles. The van der Waals surface area contributed by atoms with E-state index in [0.29, 0.717) is 11.1 Å². The first-order valence-electron chi connectivity index (χ1n) is 6.10. The van der Waals surface area contributed by atoms with Gasteiger partial charge in [0.25, 0.3) is 0 Å². The summed E-state index contributed by atoms with van der Waals surface area (Å²) < 4.78 is 10.5. The molecule has 6 heteroatoms. The summed E-state index contributed by atoms with van der Waals surface area (Å²) in [4.78, 5) is 22.1. The van der Waals surface area contributed by atoms with Gasteiger partial charge in [-0.25, -0.2) is 4.79 Å². The average Bonchev–Trinajstić information content (AvgIpc) is 2.47. The molecule has 3 rings (SSSR count). The van der Waals surface area contributed by atoms with Crippen molar-refractivity contribution in [3.63, 3.8) is 0 Å². The van der Waals surface area contributed by atoms with E-state index in [1.807, 2.05) is 0 Å². The molecule has 0 N–H and O–H groups in total. The van der Waals surface area contributed by atoms with Crippen LogP contribution in [0.2, 0.25) is 0 Å². The molecule has 6 nitrogen and oxygen atoms in total. The Morgan fingerprint density at radius 1 is 1.00 bits per heavy atom. The zero-order valence-corrected chi connectivity index (χ0v) is 10.7.